The van der Waals surface area contributed by atoms with Gasteiger partial charge in [0.2, 0.25) is 5.91 Å². The summed E-state index contributed by atoms with van der Waals surface area (Å²) < 4.78 is 0. The van der Waals surface area contributed by atoms with Gasteiger partial charge in [-0.15, -0.1) is 0 Å². The number of nitrogens with zero attached hydrogens (tertiary/aromatic N) is 1. The molecule has 0 saturated heterocycles. The summed E-state index contributed by atoms with van der Waals surface area (Å²) in [5, 5.41) is 0. The zero-order chi connectivity index (χ0) is 13.9. The highest BCUT2D eigenvalue weighted by Crippen LogP contribution is 2.23. The van der Waals surface area contributed by atoms with Crippen LogP contribution in [0.25, 0.3) is 0 Å². The van der Waals surface area contributed by atoms with Gasteiger partial charge in [-0.25, -0.2) is 5.84 Å². The van der Waals surface area contributed by atoms with Crippen LogP contribution in [0.2, 0.25) is 0 Å². The number of nitrogens with one attached hydrogen (secondary N) is 1. The molecule has 0 bridgehead atoms. The van der Waals surface area contributed by atoms with Crippen LogP contribution in [-0.4, -0.2) is 23.9 Å². The van der Waals surface area contributed by atoms with Crippen LogP contribution in [0, 0.1) is 5.41 Å². The van der Waals surface area contributed by atoms with E-state index >= 15 is 0 Å². The number of hydrogen-bond acceptors (Lipinski definition) is 3. The fourth-order valence-corrected chi connectivity index (χ4v) is 2.73. The molecule has 0 radical (unpaired) electrons. The van der Waals surface area contributed by atoms with Crippen molar-refractivity contribution in [2.75, 3.05) is 13.1 Å². The second-order valence-electron chi connectivity index (χ2n) is 5.94. The van der Waals surface area contributed by atoms with Gasteiger partial charge in [-0.05, 0) is 44.4 Å². The molecule has 0 fully saturated rings. The van der Waals surface area contributed by atoms with Crippen LogP contribution in [0.3, 0.4) is 0 Å². The molecule has 1 aromatic rings. The molecule has 0 aromatic heterocycles. The van der Waals surface area contributed by atoms with Crippen molar-refractivity contribution < 1.29 is 4.79 Å². The Kier molecular flexibility index (Phi) is 4.22. The number of benzene rings is 1. The Morgan fingerprint density at radius 1 is 1.37 bits per heavy atom. The van der Waals surface area contributed by atoms with Crippen LogP contribution in [0.5, 0.6) is 0 Å². The summed E-state index contributed by atoms with van der Waals surface area (Å²) >= 11 is 0. The molecule has 0 spiro atoms. The van der Waals surface area contributed by atoms with E-state index < -0.39 is 5.41 Å². The normalized spacial score (nSPS) is 16.6. The molecule has 1 amide bonds. The minimum atomic E-state index is -0.464. The van der Waals surface area contributed by atoms with Gasteiger partial charge >= 0.3 is 0 Å². The molecular formula is C15H23N3O. The van der Waals surface area contributed by atoms with Crippen molar-refractivity contribution in [3.63, 3.8) is 0 Å². The second-order valence-corrected chi connectivity index (χ2v) is 5.94. The van der Waals surface area contributed by atoms with E-state index in [1.807, 2.05) is 13.8 Å². The summed E-state index contributed by atoms with van der Waals surface area (Å²) in [6.45, 7) is 6.54. The summed E-state index contributed by atoms with van der Waals surface area (Å²) in [5.41, 5.74) is 4.61. The van der Waals surface area contributed by atoms with Gasteiger partial charge in [0, 0.05) is 13.1 Å². The van der Waals surface area contributed by atoms with E-state index in [4.69, 9.17) is 5.84 Å². The van der Waals surface area contributed by atoms with E-state index in [1.165, 1.54) is 11.1 Å². The molecule has 1 aliphatic heterocycles. The maximum absolute atomic E-state index is 11.8. The Morgan fingerprint density at radius 2 is 2.05 bits per heavy atom. The first-order valence-electron chi connectivity index (χ1n) is 6.83. The smallest absolute Gasteiger partial charge is 0.240 e. The van der Waals surface area contributed by atoms with Crippen LogP contribution >= 0.6 is 0 Å². The molecule has 1 aliphatic rings. The molecule has 0 unspecified atom stereocenters. The van der Waals surface area contributed by atoms with Gasteiger partial charge in [-0.1, -0.05) is 24.3 Å². The maximum atomic E-state index is 11.8. The number of carbonyl (C=O) groups excluding carboxylic acids is 1. The van der Waals surface area contributed by atoms with Gasteiger partial charge in [0.1, 0.15) is 0 Å². The monoisotopic (exact) mass is 261 g/mol. The topological polar surface area (TPSA) is 58.4 Å². The number of carbonyl (C=O) groups is 1. The van der Waals surface area contributed by atoms with Crippen molar-refractivity contribution >= 4 is 5.91 Å². The first kappa shape index (κ1) is 14.0. The molecule has 1 aromatic carbocycles. The van der Waals surface area contributed by atoms with E-state index in [0.29, 0.717) is 0 Å². The number of nitrogens with two attached hydrogens (primary N) is 1. The molecule has 2 rings (SSSR count). The zero-order valence-electron chi connectivity index (χ0n) is 11.8. The van der Waals surface area contributed by atoms with Crippen molar-refractivity contribution in [2.24, 2.45) is 11.3 Å². The van der Waals surface area contributed by atoms with Gasteiger partial charge in [-0.2, -0.15) is 0 Å². The zero-order valence-corrected chi connectivity index (χ0v) is 11.8. The summed E-state index contributed by atoms with van der Waals surface area (Å²) in [6, 6.07) is 8.57. The largest absolute Gasteiger partial charge is 0.298 e. The average Bonchev–Trinajstić information content (AvgIpc) is 2.58. The lowest BCUT2D eigenvalue weighted by atomic mass is 9.91. The quantitative estimate of drug-likeness (QED) is 0.492. The molecule has 4 nitrogen and oxygen atoms in total. The summed E-state index contributed by atoms with van der Waals surface area (Å²) in [7, 11) is 0. The van der Waals surface area contributed by atoms with Crippen molar-refractivity contribution in [3.8, 4) is 0 Å². The van der Waals surface area contributed by atoms with Crippen LogP contribution in [0.4, 0.5) is 0 Å². The highest BCUT2D eigenvalue weighted by atomic mass is 16.2. The number of hydrazine groups is 1. The van der Waals surface area contributed by atoms with E-state index in [0.717, 1.165) is 32.5 Å². The molecule has 0 saturated carbocycles. The number of amides is 1. The third-order valence-corrected chi connectivity index (χ3v) is 3.80. The van der Waals surface area contributed by atoms with Crippen LogP contribution in [-0.2, 0) is 17.8 Å². The van der Waals surface area contributed by atoms with Crippen molar-refractivity contribution in [3.05, 3.63) is 35.4 Å². The first-order valence-corrected chi connectivity index (χ1v) is 6.83. The Hall–Kier alpha value is -1.39. The molecule has 0 aliphatic carbocycles. The first-order chi connectivity index (χ1) is 9.03. The van der Waals surface area contributed by atoms with Crippen LogP contribution in [0.1, 0.15) is 31.4 Å². The highest BCUT2D eigenvalue weighted by molar-refractivity contribution is 5.81. The van der Waals surface area contributed by atoms with E-state index in [2.05, 4.69) is 34.6 Å². The minimum Gasteiger partial charge on any atom is -0.298 e. The Balaban J connectivity index is 2.09. The number of rotatable bonds is 3. The summed E-state index contributed by atoms with van der Waals surface area (Å²) in [5.74, 6) is 5.15. The fraction of sp³-hybridized carbons (Fsp3) is 0.533. The predicted molar refractivity (Wildman–Crippen MR) is 76.2 cm³/mol. The molecule has 3 N–H and O–H groups in total. The van der Waals surface area contributed by atoms with Gasteiger partial charge in [0.15, 0.2) is 0 Å². The Labute approximate surface area is 114 Å². The van der Waals surface area contributed by atoms with Gasteiger partial charge in [0.25, 0.3) is 0 Å². The lowest BCUT2D eigenvalue weighted by Gasteiger charge is -2.30. The van der Waals surface area contributed by atoms with Crippen LogP contribution in [0.15, 0.2) is 24.3 Å². The van der Waals surface area contributed by atoms with E-state index in [-0.39, 0.29) is 5.91 Å². The lowest BCUT2D eigenvalue weighted by molar-refractivity contribution is -0.130. The number of hydrogen-bond donors (Lipinski definition) is 2. The van der Waals surface area contributed by atoms with E-state index in [1.54, 1.807) is 0 Å². The van der Waals surface area contributed by atoms with Gasteiger partial charge in [-0.3, -0.25) is 15.1 Å². The number of fused-ring (bicyclic) bond motifs is 1. The average molecular weight is 261 g/mol. The molecule has 19 heavy (non-hydrogen) atoms. The highest BCUT2D eigenvalue weighted by Gasteiger charge is 2.30. The van der Waals surface area contributed by atoms with Gasteiger partial charge < -0.3 is 0 Å². The molecule has 1 heterocycles. The van der Waals surface area contributed by atoms with Crippen LogP contribution < -0.4 is 11.3 Å². The summed E-state index contributed by atoms with van der Waals surface area (Å²) in [6.07, 6.45) is 2.26. The standard InChI is InChI=1S/C15H23N3O/c1-15(2,14(19)17-16)11-18-9-5-8-12-6-3-4-7-13(12)10-18/h3-4,6-7H,5,8-11,16H2,1-2H3,(H,17,19). The van der Waals surface area contributed by atoms with Gasteiger partial charge in [0.05, 0.1) is 5.41 Å². The van der Waals surface area contributed by atoms with Crippen molar-refractivity contribution in [1.82, 2.24) is 10.3 Å². The molecule has 4 heteroatoms. The predicted octanol–water partition coefficient (Wildman–Crippen LogP) is 1.45. The maximum Gasteiger partial charge on any atom is 0.240 e. The van der Waals surface area contributed by atoms with Crippen molar-refractivity contribution in [2.45, 2.75) is 33.2 Å². The second kappa shape index (κ2) is 5.72. The molecular weight excluding hydrogens is 238 g/mol. The van der Waals surface area contributed by atoms with E-state index in [9.17, 15) is 4.79 Å². The minimum absolute atomic E-state index is 0.106. The number of aryl methyl sites for hydroxylation is 1. The molecule has 0 atom stereocenters. The Morgan fingerprint density at radius 3 is 2.74 bits per heavy atom. The third kappa shape index (κ3) is 3.33. The summed E-state index contributed by atoms with van der Waals surface area (Å²) in [4.78, 5) is 14.1. The third-order valence-electron chi connectivity index (χ3n) is 3.80. The van der Waals surface area contributed by atoms with Crippen molar-refractivity contribution in [1.29, 1.82) is 0 Å². The lowest BCUT2D eigenvalue weighted by Crippen LogP contribution is -2.47. The SMILES string of the molecule is CC(C)(CN1CCCc2ccccc2C1)C(=O)NN. The Bertz CT molecular complexity index is 456. The fourth-order valence-electron chi connectivity index (χ4n) is 2.73. The molecule has 104 valence electrons.